The molecule has 6 nitrogen and oxygen atoms in total. The van der Waals surface area contributed by atoms with Gasteiger partial charge < -0.3 is 0 Å². The van der Waals surface area contributed by atoms with Gasteiger partial charge in [0.1, 0.15) is 0 Å². The summed E-state index contributed by atoms with van der Waals surface area (Å²) in [6.07, 6.45) is 1.90. The molecule has 0 bridgehead atoms. The van der Waals surface area contributed by atoms with Crippen LogP contribution in [0.2, 0.25) is 0 Å². The Morgan fingerprint density at radius 3 is 2.33 bits per heavy atom. The van der Waals surface area contributed by atoms with Crippen LogP contribution in [0, 0.1) is 11.3 Å². The highest BCUT2D eigenvalue weighted by molar-refractivity contribution is 7.90. The van der Waals surface area contributed by atoms with Crippen molar-refractivity contribution in [2.75, 3.05) is 31.1 Å². The molecule has 1 saturated heterocycles. The molecular formula is C13H28N2O4S2. The molecule has 0 spiro atoms. The summed E-state index contributed by atoms with van der Waals surface area (Å²) in [5.41, 5.74) is 0.0813. The summed E-state index contributed by atoms with van der Waals surface area (Å²) in [4.78, 5) is 0. The van der Waals surface area contributed by atoms with E-state index in [4.69, 9.17) is 0 Å². The molecule has 1 N–H and O–H groups in total. The van der Waals surface area contributed by atoms with Gasteiger partial charge in [-0.2, -0.15) is 0 Å². The average molecular weight is 341 g/mol. The number of nitrogens with one attached hydrogen (secondary N) is 1. The molecule has 0 aliphatic carbocycles. The van der Waals surface area contributed by atoms with Crippen LogP contribution >= 0.6 is 0 Å². The summed E-state index contributed by atoms with van der Waals surface area (Å²) in [6, 6.07) is 0. The maximum Gasteiger partial charge on any atom is 0.215 e. The van der Waals surface area contributed by atoms with Crippen LogP contribution in [0.3, 0.4) is 0 Å². The molecule has 1 atom stereocenters. The Hall–Kier alpha value is -0.180. The molecule has 1 aliphatic heterocycles. The fourth-order valence-electron chi connectivity index (χ4n) is 2.46. The standard InChI is InChI=1S/C13H28N2O4S2/c1-5-20(16,17)14-8-10-21(18,19)15-9-6-7-12(11-15)13(2,3)4/h12,14H,5-11H2,1-4H3/t12-/m1/s1. The third-order valence-electron chi connectivity index (χ3n) is 4.06. The number of rotatable bonds is 6. The van der Waals surface area contributed by atoms with Crippen molar-refractivity contribution in [1.29, 1.82) is 0 Å². The van der Waals surface area contributed by atoms with Crippen LogP contribution in [0.4, 0.5) is 0 Å². The Bertz CT molecular complexity index is 535. The van der Waals surface area contributed by atoms with Crippen molar-refractivity contribution in [1.82, 2.24) is 9.03 Å². The molecule has 21 heavy (non-hydrogen) atoms. The molecule has 1 aliphatic rings. The molecule has 0 unspecified atom stereocenters. The third-order valence-corrected chi connectivity index (χ3v) is 7.31. The zero-order valence-corrected chi connectivity index (χ0v) is 15.1. The normalized spacial score (nSPS) is 22.4. The van der Waals surface area contributed by atoms with Gasteiger partial charge in [-0.1, -0.05) is 20.8 Å². The van der Waals surface area contributed by atoms with Gasteiger partial charge in [0.05, 0.1) is 11.5 Å². The van der Waals surface area contributed by atoms with E-state index in [2.05, 4.69) is 25.5 Å². The third kappa shape index (κ3) is 5.84. The van der Waals surface area contributed by atoms with E-state index in [-0.39, 0.29) is 23.5 Å². The van der Waals surface area contributed by atoms with Crippen molar-refractivity contribution in [2.24, 2.45) is 11.3 Å². The molecule has 126 valence electrons. The number of nitrogens with zero attached hydrogens (tertiary/aromatic N) is 1. The van der Waals surface area contributed by atoms with E-state index in [1.54, 1.807) is 0 Å². The number of sulfonamides is 2. The first-order valence-corrected chi connectivity index (χ1v) is 10.7. The number of piperidine rings is 1. The van der Waals surface area contributed by atoms with Gasteiger partial charge in [0.2, 0.25) is 20.0 Å². The smallest absolute Gasteiger partial charge is 0.214 e. The Morgan fingerprint density at radius 1 is 1.19 bits per heavy atom. The van der Waals surface area contributed by atoms with Gasteiger partial charge >= 0.3 is 0 Å². The highest BCUT2D eigenvalue weighted by atomic mass is 32.2. The first-order valence-electron chi connectivity index (χ1n) is 7.43. The van der Waals surface area contributed by atoms with Crippen molar-refractivity contribution < 1.29 is 16.8 Å². The minimum Gasteiger partial charge on any atom is -0.214 e. The lowest BCUT2D eigenvalue weighted by atomic mass is 9.77. The second kappa shape index (κ2) is 6.93. The SMILES string of the molecule is CCS(=O)(=O)NCCS(=O)(=O)N1CCC[C@@H](C(C)(C)C)C1. The summed E-state index contributed by atoms with van der Waals surface area (Å²) in [5, 5.41) is 0. The summed E-state index contributed by atoms with van der Waals surface area (Å²) in [7, 11) is -6.74. The zero-order chi connectivity index (χ0) is 16.3. The summed E-state index contributed by atoms with van der Waals surface area (Å²) in [6.45, 7) is 8.92. The summed E-state index contributed by atoms with van der Waals surface area (Å²) in [5.74, 6) is 0.125. The minimum absolute atomic E-state index is 0.0388. The predicted octanol–water partition coefficient (Wildman–Crippen LogP) is 1.01. The van der Waals surface area contributed by atoms with E-state index in [0.29, 0.717) is 19.0 Å². The largest absolute Gasteiger partial charge is 0.215 e. The Balaban J connectivity index is 2.62. The molecule has 8 heteroatoms. The highest BCUT2D eigenvalue weighted by Gasteiger charge is 2.34. The van der Waals surface area contributed by atoms with E-state index in [1.807, 2.05) is 0 Å². The van der Waals surface area contributed by atoms with Crippen LogP contribution in [-0.4, -0.2) is 52.3 Å². The van der Waals surface area contributed by atoms with Crippen LogP contribution in [0.25, 0.3) is 0 Å². The highest BCUT2D eigenvalue weighted by Crippen LogP contribution is 2.34. The molecule has 0 aromatic carbocycles. The van der Waals surface area contributed by atoms with Crippen LogP contribution < -0.4 is 4.72 Å². The van der Waals surface area contributed by atoms with Gasteiger partial charge in [-0.05, 0) is 31.1 Å². The lowest BCUT2D eigenvalue weighted by molar-refractivity contribution is 0.148. The van der Waals surface area contributed by atoms with Gasteiger partial charge in [-0.3, -0.25) is 0 Å². The first-order chi connectivity index (χ1) is 9.48. The first kappa shape index (κ1) is 18.9. The van der Waals surface area contributed by atoms with E-state index in [9.17, 15) is 16.8 Å². The summed E-state index contributed by atoms with van der Waals surface area (Å²) < 4.78 is 51.1. The number of hydrogen-bond acceptors (Lipinski definition) is 4. The molecular weight excluding hydrogens is 312 g/mol. The second-order valence-electron chi connectivity index (χ2n) is 6.68. The average Bonchev–Trinajstić information content (AvgIpc) is 2.37. The lowest BCUT2D eigenvalue weighted by Gasteiger charge is -2.39. The maximum atomic E-state index is 12.3. The van der Waals surface area contributed by atoms with Crippen LogP contribution in [0.15, 0.2) is 0 Å². The van der Waals surface area contributed by atoms with E-state index in [1.165, 1.54) is 11.2 Å². The van der Waals surface area contributed by atoms with Crippen LogP contribution in [0.5, 0.6) is 0 Å². The van der Waals surface area contributed by atoms with E-state index < -0.39 is 20.0 Å². The van der Waals surface area contributed by atoms with Crippen molar-refractivity contribution in [3.63, 3.8) is 0 Å². The number of hydrogen-bond donors (Lipinski definition) is 1. The lowest BCUT2D eigenvalue weighted by Crippen LogP contribution is -2.45. The van der Waals surface area contributed by atoms with E-state index >= 15 is 0 Å². The van der Waals surface area contributed by atoms with Gasteiger partial charge in [0.25, 0.3) is 0 Å². The van der Waals surface area contributed by atoms with Gasteiger partial charge in [0.15, 0.2) is 0 Å². The topological polar surface area (TPSA) is 83.5 Å². The molecule has 0 aromatic rings. The van der Waals surface area contributed by atoms with Crippen molar-refractivity contribution in [3.05, 3.63) is 0 Å². The molecule has 1 rings (SSSR count). The molecule has 0 saturated carbocycles. The zero-order valence-electron chi connectivity index (χ0n) is 13.4. The van der Waals surface area contributed by atoms with Crippen LogP contribution in [-0.2, 0) is 20.0 Å². The Labute approximate surface area is 129 Å². The van der Waals surface area contributed by atoms with E-state index in [0.717, 1.165) is 12.8 Å². The fourth-order valence-corrected chi connectivity index (χ4v) is 4.64. The Morgan fingerprint density at radius 2 is 1.81 bits per heavy atom. The minimum atomic E-state index is -3.40. The molecule has 0 amide bonds. The van der Waals surface area contributed by atoms with Crippen molar-refractivity contribution in [3.8, 4) is 0 Å². The van der Waals surface area contributed by atoms with Gasteiger partial charge in [0, 0.05) is 19.6 Å². The quantitative estimate of drug-likeness (QED) is 0.782. The van der Waals surface area contributed by atoms with Crippen molar-refractivity contribution in [2.45, 2.75) is 40.5 Å². The molecule has 0 aromatic heterocycles. The fraction of sp³-hybridized carbons (Fsp3) is 1.00. The predicted molar refractivity (Wildman–Crippen MR) is 85.0 cm³/mol. The Kier molecular flexibility index (Phi) is 6.23. The second-order valence-corrected chi connectivity index (χ2v) is 10.9. The van der Waals surface area contributed by atoms with Crippen molar-refractivity contribution >= 4 is 20.0 Å². The summed E-state index contributed by atoms with van der Waals surface area (Å²) >= 11 is 0. The molecule has 0 radical (unpaired) electrons. The molecule has 1 fully saturated rings. The van der Waals surface area contributed by atoms with Gasteiger partial charge in [-0.15, -0.1) is 0 Å². The molecule has 1 heterocycles. The van der Waals surface area contributed by atoms with Crippen LogP contribution in [0.1, 0.15) is 40.5 Å². The monoisotopic (exact) mass is 340 g/mol. The van der Waals surface area contributed by atoms with Gasteiger partial charge in [-0.25, -0.2) is 25.9 Å². The maximum absolute atomic E-state index is 12.3.